The molecule has 19 heavy (non-hydrogen) atoms. The van der Waals surface area contributed by atoms with E-state index in [1.165, 1.54) is 7.11 Å². The van der Waals surface area contributed by atoms with E-state index >= 15 is 0 Å². The Balaban J connectivity index is 2.61. The van der Waals surface area contributed by atoms with Gasteiger partial charge in [-0.05, 0) is 30.0 Å². The molecule has 1 aromatic carbocycles. The predicted octanol–water partition coefficient (Wildman–Crippen LogP) is 2.91. The molecule has 2 aromatic rings. The molecule has 0 radical (unpaired) electrons. The Bertz CT molecular complexity index is 595. The molecule has 4 heteroatoms. The molecule has 1 heterocycles. The zero-order valence-corrected chi connectivity index (χ0v) is 11.3. The number of hydrogen-bond donors (Lipinski definition) is 0. The predicted molar refractivity (Wildman–Crippen MR) is 73.3 cm³/mol. The molecule has 0 fully saturated rings. The van der Waals surface area contributed by atoms with Crippen LogP contribution in [-0.2, 0) is 9.53 Å². The van der Waals surface area contributed by atoms with E-state index < -0.39 is 0 Å². The second kappa shape index (κ2) is 5.69. The standard InChI is InChI=1S/C15H17NO3/c1-4-12(15(17)19-3)14-13-9-11(18-2)6-5-10(13)7-8-16-14/h5-9,12H,4H2,1-3H3. The number of benzene rings is 1. The van der Waals surface area contributed by atoms with Crippen LogP contribution in [0.25, 0.3) is 10.8 Å². The summed E-state index contributed by atoms with van der Waals surface area (Å²) < 4.78 is 10.1. The van der Waals surface area contributed by atoms with Gasteiger partial charge in [-0.3, -0.25) is 9.78 Å². The Morgan fingerprint density at radius 2 is 2.11 bits per heavy atom. The minimum Gasteiger partial charge on any atom is -0.497 e. The zero-order chi connectivity index (χ0) is 13.8. The minimum atomic E-state index is -0.346. The summed E-state index contributed by atoms with van der Waals surface area (Å²) >= 11 is 0. The lowest BCUT2D eigenvalue weighted by Crippen LogP contribution is -2.15. The molecule has 0 aliphatic rings. The second-order valence-electron chi connectivity index (χ2n) is 4.27. The maximum Gasteiger partial charge on any atom is 0.314 e. The van der Waals surface area contributed by atoms with E-state index in [-0.39, 0.29) is 11.9 Å². The lowest BCUT2D eigenvalue weighted by atomic mass is 9.96. The van der Waals surface area contributed by atoms with Gasteiger partial charge in [-0.2, -0.15) is 0 Å². The molecule has 1 aromatic heterocycles. The number of esters is 1. The summed E-state index contributed by atoms with van der Waals surface area (Å²) in [6.45, 7) is 1.95. The first-order valence-electron chi connectivity index (χ1n) is 6.21. The molecule has 100 valence electrons. The molecule has 0 aliphatic heterocycles. The van der Waals surface area contributed by atoms with Gasteiger partial charge in [-0.15, -0.1) is 0 Å². The summed E-state index contributed by atoms with van der Waals surface area (Å²) in [4.78, 5) is 16.2. The molecule has 2 rings (SSSR count). The van der Waals surface area contributed by atoms with Crippen molar-refractivity contribution >= 4 is 16.7 Å². The third-order valence-electron chi connectivity index (χ3n) is 3.23. The number of ether oxygens (including phenoxy) is 2. The molecule has 0 amide bonds. The van der Waals surface area contributed by atoms with Crippen molar-refractivity contribution in [3.63, 3.8) is 0 Å². The van der Waals surface area contributed by atoms with Crippen LogP contribution in [-0.4, -0.2) is 25.2 Å². The highest BCUT2D eigenvalue weighted by Gasteiger charge is 2.22. The van der Waals surface area contributed by atoms with Crippen LogP contribution in [0.2, 0.25) is 0 Å². The third-order valence-corrected chi connectivity index (χ3v) is 3.23. The van der Waals surface area contributed by atoms with Gasteiger partial charge in [0.2, 0.25) is 0 Å². The Labute approximate surface area is 112 Å². The van der Waals surface area contributed by atoms with Crippen molar-refractivity contribution in [2.75, 3.05) is 14.2 Å². The summed E-state index contributed by atoms with van der Waals surface area (Å²) in [5.74, 6) is 0.146. The SMILES string of the molecule is CCC(C(=O)OC)c1nccc2ccc(OC)cc12. The van der Waals surface area contributed by atoms with Crippen LogP contribution in [0.4, 0.5) is 0 Å². The molecular weight excluding hydrogens is 242 g/mol. The zero-order valence-electron chi connectivity index (χ0n) is 11.3. The molecule has 0 saturated heterocycles. The molecule has 1 atom stereocenters. The van der Waals surface area contributed by atoms with Crippen LogP contribution in [0, 0.1) is 0 Å². The van der Waals surface area contributed by atoms with Crippen LogP contribution < -0.4 is 4.74 Å². The summed E-state index contributed by atoms with van der Waals surface area (Å²) in [6, 6.07) is 7.68. The molecule has 0 saturated carbocycles. The number of aromatic nitrogens is 1. The quantitative estimate of drug-likeness (QED) is 0.792. The van der Waals surface area contributed by atoms with Gasteiger partial charge in [-0.25, -0.2) is 0 Å². The van der Waals surface area contributed by atoms with Gasteiger partial charge in [-0.1, -0.05) is 13.0 Å². The lowest BCUT2D eigenvalue weighted by molar-refractivity contribution is -0.142. The van der Waals surface area contributed by atoms with Gasteiger partial charge >= 0.3 is 5.97 Å². The van der Waals surface area contributed by atoms with E-state index in [2.05, 4.69) is 4.98 Å². The van der Waals surface area contributed by atoms with Crippen molar-refractivity contribution in [3.8, 4) is 5.75 Å². The minimum absolute atomic E-state index is 0.259. The van der Waals surface area contributed by atoms with Crippen molar-refractivity contribution < 1.29 is 14.3 Å². The highest BCUT2D eigenvalue weighted by molar-refractivity contribution is 5.90. The number of rotatable bonds is 4. The highest BCUT2D eigenvalue weighted by atomic mass is 16.5. The fourth-order valence-corrected chi connectivity index (χ4v) is 2.19. The summed E-state index contributed by atoms with van der Waals surface area (Å²) in [5, 5.41) is 1.97. The molecular formula is C15H17NO3. The molecule has 4 nitrogen and oxygen atoms in total. The largest absolute Gasteiger partial charge is 0.497 e. The molecule has 0 spiro atoms. The van der Waals surface area contributed by atoms with E-state index in [1.54, 1.807) is 13.3 Å². The fourth-order valence-electron chi connectivity index (χ4n) is 2.19. The Morgan fingerprint density at radius 1 is 1.32 bits per heavy atom. The van der Waals surface area contributed by atoms with E-state index in [4.69, 9.17) is 9.47 Å². The number of carbonyl (C=O) groups excluding carboxylic acids is 1. The van der Waals surface area contributed by atoms with Crippen molar-refractivity contribution in [3.05, 3.63) is 36.2 Å². The Kier molecular flexibility index (Phi) is 4.00. The first kappa shape index (κ1) is 13.3. The van der Waals surface area contributed by atoms with Crippen molar-refractivity contribution in [1.82, 2.24) is 4.98 Å². The number of fused-ring (bicyclic) bond motifs is 1. The van der Waals surface area contributed by atoms with Crippen LogP contribution in [0.15, 0.2) is 30.5 Å². The number of carbonyl (C=O) groups is 1. The number of hydrogen-bond acceptors (Lipinski definition) is 4. The molecule has 1 unspecified atom stereocenters. The van der Waals surface area contributed by atoms with E-state index in [9.17, 15) is 4.79 Å². The fraction of sp³-hybridized carbons (Fsp3) is 0.333. The van der Waals surface area contributed by atoms with Gasteiger partial charge in [0.25, 0.3) is 0 Å². The van der Waals surface area contributed by atoms with E-state index in [0.29, 0.717) is 6.42 Å². The Hall–Kier alpha value is -2.10. The number of pyridine rings is 1. The van der Waals surface area contributed by atoms with Crippen molar-refractivity contribution in [2.45, 2.75) is 19.3 Å². The van der Waals surface area contributed by atoms with Gasteiger partial charge in [0.1, 0.15) is 5.75 Å². The van der Waals surface area contributed by atoms with Crippen molar-refractivity contribution in [1.29, 1.82) is 0 Å². The van der Waals surface area contributed by atoms with E-state index in [1.807, 2.05) is 31.2 Å². The molecule has 0 N–H and O–H groups in total. The Morgan fingerprint density at radius 3 is 2.74 bits per heavy atom. The normalized spacial score (nSPS) is 12.2. The summed E-state index contributed by atoms with van der Waals surface area (Å²) in [7, 11) is 3.02. The molecule has 0 bridgehead atoms. The monoisotopic (exact) mass is 259 g/mol. The topological polar surface area (TPSA) is 48.4 Å². The highest BCUT2D eigenvalue weighted by Crippen LogP contribution is 2.29. The first-order valence-corrected chi connectivity index (χ1v) is 6.21. The average Bonchev–Trinajstić information content (AvgIpc) is 2.47. The van der Waals surface area contributed by atoms with Crippen molar-refractivity contribution in [2.24, 2.45) is 0 Å². The van der Waals surface area contributed by atoms with Crippen LogP contribution >= 0.6 is 0 Å². The number of methoxy groups -OCH3 is 2. The van der Waals surface area contributed by atoms with Gasteiger partial charge in [0.15, 0.2) is 0 Å². The summed E-state index contributed by atoms with van der Waals surface area (Å²) in [5.41, 5.74) is 0.741. The maximum atomic E-state index is 11.8. The lowest BCUT2D eigenvalue weighted by Gasteiger charge is -2.14. The van der Waals surface area contributed by atoms with E-state index in [0.717, 1.165) is 22.2 Å². The van der Waals surface area contributed by atoms with Crippen LogP contribution in [0.1, 0.15) is 25.0 Å². The van der Waals surface area contributed by atoms with Gasteiger partial charge in [0, 0.05) is 11.6 Å². The first-order chi connectivity index (χ1) is 9.21. The third kappa shape index (κ3) is 2.52. The molecule has 0 aliphatic carbocycles. The van der Waals surface area contributed by atoms with Gasteiger partial charge < -0.3 is 9.47 Å². The van der Waals surface area contributed by atoms with Crippen LogP contribution in [0.5, 0.6) is 5.75 Å². The summed E-state index contributed by atoms with van der Waals surface area (Å²) in [6.07, 6.45) is 2.37. The van der Waals surface area contributed by atoms with Crippen LogP contribution in [0.3, 0.4) is 0 Å². The number of nitrogens with zero attached hydrogens (tertiary/aromatic N) is 1. The maximum absolute atomic E-state index is 11.8. The van der Waals surface area contributed by atoms with Gasteiger partial charge in [0.05, 0.1) is 25.8 Å². The second-order valence-corrected chi connectivity index (χ2v) is 4.27. The average molecular weight is 259 g/mol. The smallest absolute Gasteiger partial charge is 0.314 e.